The summed E-state index contributed by atoms with van der Waals surface area (Å²) in [7, 11) is 2.11. The molecule has 1 aliphatic rings. The third-order valence-electron chi connectivity index (χ3n) is 3.36. The molecule has 5 heteroatoms. The molecule has 0 amide bonds. The first kappa shape index (κ1) is 12.6. The lowest BCUT2D eigenvalue weighted by Crippen LogP contribution is -2.34. The van der Waals surface area contributed by atoms with Crippen LogP contribution in [0.15, 0.2) is 16.7 Å². The van der Waals surface area contributed by atoms with Gasteiger partial charge in [0.15, 0.2) is 0 Å². The fraction of sp³-hybridized carbons (Fsp3) is 0.583. The third-order valence-corrected chi connectivity index (χ3v) is 3.80. The molecule has 4 nitrogen and oxygen atoms in total. The molecular formula is C12H17BrN2O2. The molecule has 1 aromatic heterocycles. The van der Waals surface area contributed by atoms with Gasteiger partial charge in [-0.1, -0.05) is 0 Å². The van der Waals surface area contributed by atoms with Gasteiger partial charge in [0, 0.05) is 29.3 Å². The maximum Gasteiger partial charge on any atom is 0.352 e. The van der Waals surface area contributed by atoms with Crippen molar-refractivity contribution >= 4 is 21.9 Å². The molecule has 1 aliphatic carbocycles. The van der Waals surface area contributed by atoms with E-state index in [9.17, 15) is 4.79 Å². The summed E-state index contributed by atoms with van der Waals surface area (Å²) >= 11 is 3.32. The number of aromatic carboxylic acids is 1. The van der Waals surface area contributed by atoms with Gasteiger partial charge >= 0.3 is 5.97 Å². The highest BCUT2D eigenvalue weighted by Crippen LogP contribution is 2.27. The second-order valence-electron chi connectivity index (χ2n) is 4.75. The lowest BCUT2D eigenvalue weighted by molar-refractivity contribution is 0.0683. The number of rotatable bonds is 5. The predicted molar refractivity (Wildman–Crippen MR) is 69.3 cm³/mol. The van der Waals surface area contributed by atoms with E-state index < -0.39 is 5.97 Å². The number of carbonyl (C=O) groups is 1. The van der Waals surface area contributed by atoms with Gasteiger partial charge in [-0.05, 0) is 48.8 Å². The standard InChI is InChI=1S/C12H17BrN2O2/c1-8(14(2)10-3-4-10)6-15-7-9(13)5-11(15)12(16)17/h5,7-8,10H,3-4,6H2,1-2H3,(H,16,17). The van der Waals surface area contributed by atoms with Gasteiger partial charge in [0.05, 0.1) is 0 Å². The topological polar surface area (TPSA) is 45.5 Å². The summed E-state index contributed by atoms with van der Waals surface area (Å²) in [4.78, 5) is 13.4. The molecule has 1 aromatic rings. The van der Waals surface area contributed by atoms with Crippen LogP contribution < -0.4 is 0 Å². The van der Waals surface area contributed by atoms with Crippen LogP contribution in [-0.2, 0) is 6.54 Å². The Morgan fingerprint density at radius 3 is 2.88 bits per heavy atom. The van der Waals surface area contributed by atoms with E-state index in [-0.39, 0.29) is 0 Å². The van der Waals surface area contributed by atoms with Crippen molar-refractivity contribution in [2.24, 2.45) is 0 Å². The van der Waals surface area contributed by atoms with E-state index in [1.165, 1.54) is 12.8 Å². The summed E-state index contributed by atoms with van der Waals surface area (Å²) in [6.07, 6.45) is 4.37. The summed E-state index contributed by atoms with van der Waals surface area (Å²) in [6.45, 7) is 2.85. The number of hydrogen-bond acceptors (Lipinski definition) is 2. The zero-order valence-corrected chi connectivity index (χ0v) is 11.6. The summed E-state index contributed by atoms with van der Waals surface area (Å²) in [5.74, 6) is -0.878. The monoisotopic (exact) mass is 300 g/mol. The highest BCUT2D eigenvalue weighted by atomic mass is 79.9. The fourth-order valence-corrected chi connectivity index (χ4v) is 2.52. The van der Waals surface area contributed by atoms with Gasteiger partial charge in [-0.2, -0.15) is 0 Å². The van der Waals surface area contributed by atoms with Gasteiger partial charge < -0.3 is 9.67 Å². The van der Waals surface area contributed by atoms with Gasteiger partial charge in [0.2, 0.25) is 0 Å². The molecular weight excluding hydrogens is 284 g/mol. The van der Waals surface area contributed by atoms with Gasteiger partial charge in [0.25, 0.3) is 0 Å². The Balaban J connectivity index is 2.09. The van der Waals surface area contributed by atoms with Crippen molar-refractivity contribution in [3.8, 4) is 0 Å². The molecule has 0 bridgehead atoms. The van der Waals surface area contributed by atoms with Crippen molar-refractivity contribution in [3.63, 3.8) is 0 Å². The van der Waals surface area contributed by atoms with Crippen LogP contribution in [-0.4, -0.2) is 39.7 Å². The van der Waals surface area contributed by atoms with Crippen molar-refractivity contribution < 1.29 is 9.90 Å². The smallest absolute Gasteiger partial charge is 0.352 e. The van der Waals surface area contributed by atoms with Crippen LogP contribution in [0.25, 0.3) is 0 Å². The Morgan fingerprint density at radius 2 is 2.35 bits per heavy atom. The first-order chi connectivity index (χ1) is 7.99. The van der Waals surface area contributed by atoms with Crippen molar-refractivity contribution in [1.29, 1.82) is 0 Å². The average molecular weight is 301 g/mol. The van der Waals surface area contributed by atoms with E-state index >= 15 is 0 Å². The summed E-state index contributed by atoms with van der Waals surface area (Å²) in [5, 5.41) is 9.10. The van der Waals surface area contributed by atoms with Gasteiger partial charge in [-0.25, -0.2) is 4.79 Å². The summed E-state index contributed by atoms with van der Waals surface area (Å²) in [6, 6.07) is 2.68. The molecule has 1 saturated carbocycles. The molecule has 17 heavy (non-hydrogen) atoms. The summed E-state index contributed by atoms with van der Waals surface area (Å²) in [5.41, 5.74) is 0.341. The van der Waals surface area contributed by atoms with E-state index in [0.29, 0.717) is 24.3 Å². The Morgan fingerprint density at radius 1 is 1.71 bits per heavy atom. The molecule has 1 heterocycles. The summed E-state index contributed by atoms with van der Waals surface area (Å²) < 4.78 is 2.62. The van der Waals surface area contributed by atoms with Crippen LogP contribution in [0.5, 0.6) is 0 Å². The molecule has 0 aromatic carbocycles. The highest BCUT2D eigenvalue weighted by Gasteiger charge is 2.29. The largest absolute Gasteiger partial charge is 0.477 e. The van der Waals surface area contributed by atoms with Gasteiger partial charge in [-0.3, -0.25) is 4.90 Å². The van der Waals surface area contributed by atoms with Crippen LogP contribution in [0.1, 0.15) is 30.3 Å². The second-order valence-corrected chi connectivity index (χ2v) is 5.66. The van der Waals surface area contributed by atoms with Gasteiger partial charge in [0.1, 0.15) is 5.69 Å². The van der Waals surface area contributed by atoms with E-state index in [0.717, 1.165) is 4.47 Å². The minimum Gasteiger partial charge on any atom is -0.477 e. The molecule has 2 rings (SSSR count). The number of likely N-dealkylation sites (N-methyl/N-ethyl adjacent to an activating group) is 1. The van der Waals surface area contributed by atoms with E-state index in [4.69, 9.17) is 5.11 Å². The molecule has 0 saturated heterocycles. The minimum atomic E-state index is -0.878. The average Bonchev–Trinajstić information content (AvgIpc) is 3.02. The lowest BCUT2D eigenvalue weighted by atomic mass is 10.3. The number of carboxylic acids is 1. The number of nitrogens with zero attached hydrogens (tertiary/aromatic N) is 2. The van der Waals surface area contributed by atoms with E-state index in [1.807, 2.05) is 6.20 Å². The first-order valence-corrected chi connectivity index (χ1v) is 6.59. The Labute approximate surface area is 109 Å². The number of aromatic nitrogens is 1. The lowest BCUT2D eigenvalue weighted by Gasteiger charge is -2.25. The Bertz CT molecular complexity index is 426. The molecule has 0 aliphatic heterocycles. The van der Waals surface area contributed by atoms with Crippen LogP contribution in [0.2, 0.25) is 0 Å². The molecule has 1 atom stereocenters. The first-order valence-electron chi connectivity index (χ1n) is 5.80. The third kappa shape index (κ3) is 2.90. The van der Waals surface area contributed by atoms with Crippen LogP contribution >= 0.6 is 15.9 Å². The zero-order chi connectivity index (χ0) is 12.6. The Hall–Kier alpha value is -0.810. The van der Waals surface area contributed by atoms with Gasteiger partial charge in [-0.15, -0.1) is 0 Å². The van der Waals surface area contributed by atoms with Crippen LogP contribution in [0.3, 0.4) is 0 Å². The van der Waals surface area contributed by atoms with Crippen molar-refractivity contribution in [3.05, 3.63) is 22.4 Å². The van der Waals surface area contributed by atoms with Crippen molar-refractivity contribution in [2.45, 2.75) is 38.4 Å². The number of halogens is 1. The number of carboxylic acid groups (broad SMARTS) is 1. The van der Waals surface area contributed by atoms with Crippen LogP contribution in [0.4, 0.5) is 0 Å². The normalized spacial score (nSPS) is 17.4. The molecule has 1 fully saturated rings. The maximum absolute atomic E-state index is 11.1. The maximum atomic E-state index is 11.1. The quantitative estimate of drug-likeness (QED) is 0.908. The zero-order valence-electron chi connectivity index (χ0n) is 10.1. The minimum absolute atomic E-state index is 0.341. The predicted octanol–water partition coefficient (Wildman–Crippen LogP) is 2.43. The fourth-order valence-electron chi connectivity index (χ4n) is 2.06. The molecule has 0 spiro atoms. The Kier molecular flexibility index (Phi) is 3.58. The molecule has 1 unspecified atom stereocenters. The van der Waals surface area contributed by atoms with Crippen molar-refractivity contribution in [2.75, 3.05) is 7.05 Å². The highest BCUT2D eigenvalue weighted by molar-refractivity contribution is 9.10. The molecule has 1 N–H and O–H groups in total. The van der Waals surface area contributed by atoms with E-state index in [1.54, 1.807) is 10.6 Å². The van der Waals surface area contributed by atoms with Crippen molar-refractivity contribution in [1.82, 2.24) is 9.47 Å². The second kappa shape index (κ2) is 4.82. The molecule has 0 radical (unpaired) electrons. The SMILES string of the molecule is CC(Cn1cc(Br)cc1C(=O)O)N(C)C1CC1. The molecule has 94 valence electrons. The number of hydrogen-bond donors (Lipinski definition) is 1. The van der Waals surface area contributed by atoms with Crippen LogP contribution in [0, 0.1) is 0 Å². The van der Waals surface area contributed by atoms with E-state index in [2.05, 4.69) is 34.8 Å².